The number of rotatable bonds is 5. The number of amides is 1. The van der Waals surface area contributed by atoms with Crippen molar-refractivity contribution in [3.8, 4) is 5.75 Å². The first-order valence-corrected chi connectivity index (χ1v) is 8.71. The molecule has 0 bridgehead atoms. The van der Waals surface area contributed by atoms with E-state index in [1.54, 1.807) is 24.3 Å². The highest BCUT2D eigenvalue weighted by Crippen LogP contribution is 2.24. The highest BCUT2D eigenvalue weighted by atomic mass is 79.9. The molecule has 1 amide bonds. The van der Waals surface area contributed by atoms with Gasteiger partial charge in [0.1, 0.15) is 11.6 Å². The summed E-state index contributed by atoms with van der Waals surface area (Å²) in [5.41, 5.74) is 0.923. The largest absolute Gasteiger partial charge is 0.484 e. The van der Waals surface area contributed by atoms with E-state index in [1.165, 1.54) is 6.07 Å². The Labute approximate surface area is 153 Å². The molecule has 1 fully saturated rings. The number of anilines is 2. The first kappa shape index (κ1) is 17.7. The number of nitrogens with zero attached hydrogens (tertiary/aromatic N) is 1. The van der Waals surface area contributed by atoms with Crippen LogP contribution in [0, 0.1) is 5.82 Å². The maximum absolute atomic E-state index is 14.3. The lowest BCUT2D eigenvalue weighted by Gasteiger charge is -2.29. The van der Waals surface area contributed by atoms with E-state index in [-0.39, 0.29) is 18.3 Å². The van der Waals surface area contributed by atoms with Gasteiger partial charge in [-0.25, -0.2) is 4.39 Å². The van der Waals surface area contributed by atoms with E-state index in [4.69, 9.17) is 9.47 Å². The Kier molecular flexibility index (Phi) is 5.88. The Morgan fingerprint density at radius 3 is 2.60 bits per heavy atom. The molecule has 0 atom stereocenters. The zero-order valence-corrected chi connectivity index (χ0v) is 15.1. The Morgan fingerprint density at radius 2 is 1.92 bits per heavy atom. The van der Waals surface area contributed by atoms with Gasteiger partial charge in [0.25, 0.3) is 5.91 Å². The second-order valence-corrected chi connectivity index (χ2v) is 6.47. The van der Waals surface area contributed by atoms with E-state index < -0.39 is 0 Å². The molecule has 2 aromatic carbocycles. The highest BCUT2D eigenvalue weighted by Gasteiger charge is 2.15. The second-order valence-electron chi connectivity index (χ2n) is 5.56. The van der Waals surface area contributed by atoms with Crippen molar-refractivity contribution in [3.63, 3.8) is 0 Å². The highest BCUT2D eigenvalue weighted by molar-refractivity contribution is 9.10. The second kappa shape index (κ2) is 8.31. The number of halogens is 2. The molecular formula is C18H18BrFN2O3. The minimum atomic E-state index is -0.367. The van der Waals surface area contributed by atoms with Gasteiger partial charge in [-0.3, -0.25) is 4.79 Å². The number of ether oxygens (including phenoxy) is 2. The molecule has 0 saturated carbocycles. The van der Waals surface area contributed by atoms with Gasteiger partial charge in [0.15, 0.2) is 6.61 Å². The molecule has 1 aliphatic heterocycles. The fourth-order valence-electron chi connectivity index (χ4n) is 2.52. The number of carbonyl (C=O) groups excluding carboxylic acids is 1. The molecule has 25 heavy (non-hydrogen) atoms. The Balaban J connectivity index is 1.55. The van der Waals surface area contributed by atoms with Crippen LogP contribution in [0.5, 0.6) is 5.75 Å². The molecule has 1 aliphatic rings. The quantitative estimate of drug-likeness (QED) is 0.822. The van der Waals surface area contributed by atoms with E-state index in [1.807, 2.05) is 17.0 Å². The van der Waals surface area contributed by atoms with Crippen LogP contribution >= 0.6 is 15.9 Å². The van der Waals surface area contributed by atoms with Gasteiger partial charge >= 0.3 is 0 Å². The molecule has 5 nitrogen and oxygen atoms in total. The average molecular weight is 409 g/mol. The lowest BCUT2D eigenvalue weighted by Crippen LogP contribution is -2.36. The SMILES string of the molecule is O=C(COc1ccc(Br)cc1)Nc1ccc(N2CCOCC2)c(F)c1. The van der Waals surface area contributed by atoms with Crippen molar-refractivity contribution in [1.29, 1.82) is 0 Å². The van der Waals surface area contributed by atoms with Crippen molar-refractivity contribution in [1.82, 2.24) is 0 Å². The summed E-state index contributed by atoms with van der Waals surface area (Å²) in [5.74, 6) is -0.123. The van der Waals surface area contributed by atoms with Crippen LogP contribution in [0.2, 0.25) is 0 Å². The van der Waals surface area contributed by atoms with Gasteiger partial charge in [-0.2, -0.15) is 0 Å². The number of nitrogens with one attached hydrogen (secondary N) is 1. The molecule has 1 N–H and O–H groups in total. The van der Waals surface area contributed by atoms with Crippen molar-refractivity contribution in [3.05, 3.63) is 52.8 Å². The molecule has 3 rings (SSSR count). The van der Waals surface area contributed by atoms with E-state index >= 15 is 0 Å². The molecule has 0 radical (unpaired) electrons. The van der Waals surface area contributed by atoms with Gasteiger partial charge in [0.05, 0.1) is 18.9 Å². The van der Waals surface area contributed by atoms with Gasteiger partial charge in [0, 0.05) is 23.2 Å². The van der Waals surface area contributed by atoms with E-state index in [2.05, 4.69) is 21.2 Å². The van der Waals surface area contributed by atoms with Crippen LogP contribution in [0.1, 0.15) is 0 Å². The zero-order valence-electron chi connectivity index (χ0n) is 13.5. The summed E-state index contributed by atoms with van der Waals surface area (Å²) in [5, 5.41) is 2.64. The van der Waals surface area contributed by atoms with Gasteiger partial charge in [-0.1, -0.05) is 15.9 Å². The molecule has 7 heteroatoms. The van der Waals surface area contributed by atoms with Crippen molar-refractivity contribution < 1.29 is 18.7 Å². The molecule has 0 aliphatic carbocycles. The Bertz CT molecular complexity index is 734. The molecule has 0 unspecified atom stereocenters. The summed E-state index contributed by atoms with van der Waals surface area (Å²) in [6, 6.07) is 11.8. The zero-order chi connectivity index (χ0) is 17.6. The molecule has 0 spiro atoms. The molecule has 1 saturated heterocycles. The van der Waals surface area contributed by atoms with E-state index in [0.717, 1.165) is 4.47 Å². The van der Waals surface area contributed by atoms with Crippen molar-refractivity contribution in [2.24, 2.45) is 0 Å². The molecule has 1 heterocycles. The summed E-state index contributed by atoms with van der Waals surface area (Å²) in [6.07, 6.45) is 0. The van der Waals surface area contributed by atoms with Gasteiger partial charge < -0.3 is 19.7 Å². The van der Waals surface area contributed by atoms with Gasteiger partial charge in [-0.05, 0) is 42.5 Å². The third-order valence-corrected chi connectivity index (χ3v) is 4.30. The van der Waals surface area contributed by atoms with Crippen LogP contribution in [-0.2, 0) is 9.53 Å². The normalized spacial score (nSPS) is 14.2. The topological polar surface area (TPSA) is 50.8 Å². The van der Waals surface area contributed by atoms with Crippen LogP contribution in [0.15, 0.2) is 46.9 Å². The van der Waals surface area contributed by atoms with Crippen LogP contribution in [0.25, 0.3) is 0 Å². The van der Waals surface area contributed by atoms with Crippen molar-refractivity contribution >= 4 is 33.2 Å². The number of morpholine rings is 1. The van der Waals surface area contributed by atoms with Crippen LogP contribution in [0.4, 0.5) is 15.8 Å². The van der Waals surface area contributed by atoms with Gasteiger partial charge in [0.2, 0.25) is 0 Å². The average Bonchev–Trinajstić information content (AvgIpc) is 2.62. The lowest BCUT2D eigenvalue weighted by atomic mass is 10.2. The van der Waals surface area contributed by atoms with Crippen LogP contribution < -0.4 is 15.0 Å². The molecule has 0 aromatic heterocycles. The first-order chi connectivity index (χ1) is 12.1. The van der Waals surface area contributed by atoms with Crippen LogP contribution in [-0.4, -0.2) is 38.8 Å². The van der Waals surface area contributed by atoms with Gasteiger partial charge in [-0.15, -0.1) is 0 Å². The lowest BCUT2D eigenvalue weighted by molar-refractivity contribution is -0.118. The number of hydrogen-bond acceptors (Lipinski definition) is 4. The van der Waals surface area contributed by atoms with Crippen LogP contribution in [0.3, 0.4) is 0 Å². The fraction of sp³-hybridized carbons (Fsp3) is 0.278. The summed E-state index contributed by atoms with van der Waals surface area (Å²) in [4.78, 5) is 13.9. The van der Waals surface area contributed by atoms with E-state index in [0.29, 0.717) is 43.4 Å². The summed E-state index contributed by atoms with van der Waals surface area (Å²) < 4.78 is 25.9. The minimum Gasteiger partial charge on any atom is -0.484 e. The standard InChI is InChI=1S/C18H18BrFN2O3/c19-13-1-4-15(5-2-13)25-12-18(23)21-14-3-6-17(16(20)11-14)22-7-9-24-10-8-22/h1-6,11H,7-10,12H2,(H,21,23). The maximum Gasteiger partial charge on any atom is 0.262 e. The fourth-order valence-corrected chi connectivity index (χ4v) is 2.79. The Morgan fingerprint density at radius 1 is 1.20 bits per heavy atom. The van der Waals surface area contributed by atoms with Crippen molar-refractivity contribution in [2.45, 2.75) is 0 Å². The third kappa shape index (κ3) is 4.93. The predicted molar refractivity (Wildman–Crippen MR) is 97.7 cm³/mol. The minimum absolute atomic E-state index is 0.144. The summed E-state index contributed by atoms with van der Waals surface area (Å²) in [7, 11) is 0. The third-order valence-electron chi connectivity index (χ3n) is 3.77. The Hall–Kier alpha value is -2.12. The molecule has 132 valence electrons. The maximum atomic E-state index is 14.3. The summed E-state index contributed by atoms with van der Waals surface area (Å²) >= 11 is 3.33. The summed E-state index contributed by atoms with van der Waals surface area (Å²) in [6.45, 7) is 2.35. The molecule has 2 aromatic rings. The number of hydrogen-bond donors (Lipinski definition) is 1. The first-order valence-electron chi connectivity index (χ1n) is 7.92. The number of benzene rings is 2. The monoisotopic (exact) mass is 408 g/mol. The molecular weight excluding hydrogens is 391 g/mol. The van der Waals surface area contributed by atoms with E-state index in [9.17, 15) is 9.18 Å². The smallest absolute Gasteiger partial charge is 0.262 e. The predicted octanol–water partition coefficient (Wildman–Crippen LogP) is 3.44. The number of carbonyl (C=O) groups is 1. The van der Waals surface area contributed by atoms with Crippen molar-refractivity contribution in [2.75, 3.05) is 43.1 Å².